The van der Waals surface area contributed by atoms with Crippen molar-refractivity contribution < 1.29 is 45.0 Å². The normalized spacial score (nSPS) is 10.6. The molecular formula is C39H30N4O9. The third-order valence-corrected chi connectivity index (χ3v) is 7.93. The van der Waals surface area contributed by atoms with Crippen LogP contribution in [-0.2, 0) is 0 Å². The van der Waals surface area contributed by atoms with Crippen LogP contribution in [0.25, 0.3) is 0 Å². The largest absolute Gasteiger partial charge is 0.504 e. The molecule has 0 heterocycles. The zero-order chi connectivity index (χ0) is 36.9. The second kappa shape index (κ2) is 14.4. The van der Waals surface area contributed by atoms with Gasteiger partial charge in [-0.1, -0.05) is 18.2 Å². The van der Waals surface area contributed by atoms with E-state index in [0.29, 0.717) is 34.1 Å². The van der Waals surface area contributed by atoms with E-state index < -0.39 is 52.2 Å². The summed E-state index contributed by atoms with van der Waals surface area (Å²) in [7, 11) is 0. The van der Waals surface area contributed by atoms with Crippen LogP contribution >= 0.6 is 0 Å². The molecule has 0 bridgehead atoms. The summed E-state index contributed by atoms with van der Waals surface area (Å²) in [4.78, 5) is 40.3. The van der Waals surface area contributed by atoms with Gasteiger partial charge in [-0.25, -0.2) is 0 Å². The third kappa shape index (κ3) is 7.18. The van der Waals surface area contributed by atoms with Crippen LogP contribution in [0.5, 0.6) is 34.5 Å². The summed E-state index contributed by atoms with van der Waals surface area (Å²) in [6.45, 7) is 0. The zero-order valence-electron chi connectivity index (χ0n) is 27.0. The molecule has 0 fully saturated rings. The molecule has 9 N–H and O–H groups in total. The minimum Gasteiger partial charge on any atom is -0.504 e. The summed E-state index contributed by atoms with van der Waals surface area (Å²) >= 11 is 0. The van der Waals surface area contributed by atoms with Crippen LogP contribution in [0.3, 0.4) is 0 Å². The van der Waals surface area contributed by atoms with E-state index in [0.717, 1.165) is 0 Å². The van der Waals surface area contributed by atoms with Crippen molar-refractivity contribution in [3.8, 4) is 34.5 Å². The molecule has 52 heavy (non-hydrogen) atoms. The predicted molar refractivity (Wildman–Crippen MR) is 194 cm³/mol. The molecule has 0 unspecified atom stereocenters. The number of para-hydroxylation sites is 3. The maximum Gasteiger partial charge on any atom is 0.259 e. The van der Waals surface area contributed by atoms with E-state index in [9.17, 15) is 45.0 Å². The summed E-state index contributed by atoms with van der Waals surface area (Å²) in [5, 5.41) is 67.7. The number of anilines is 6. The zero-order valence-corrected chi connectivity index (χ0v) is 27.0. The van der Waals surface area contributed by atoms with Gasteiger partial charge in [-0.15, -0.1) is 0 Å². The molecule has 0 radical (unpaired) electrons. The van der Waals surface area contributed by atoms with Gasteiger partial charge in [0.25, 0.3) is 17.7 Å². The van der Waals surface area contributed by atoms with Gasteiger partial charge in [0.15, 0.2) is 34.5 Å². The Labute approximate surface area is 295 Å². The number of nitrogens with one attached hydrogen (secondary N) is 3. The highest BCUT2D eigenvalue weighted by Crippen LogP contribution is 2.37. The SMILES string of the molecule is O=C(Nc1ccc(N(c2ccc(NC(=O)c3cccc(O)c3O)cc2)c2ccc(NC(=O)c3cccc(O)c3O)cc2)cc1)c1cccc(O)c1O. The van der Waals surface area contributed by atoms with Crippen LogP contribution in [0.4, 0.5) is 34.1 Å². The molecule has 260 valence electrons. The Morgan fingerprint density at radius 1 is 0.365 bits per heavy atom. The first-order chi connectivity index (χ1) is 25.0. The quantitative estimate of drug-likeness (QED) is 0.0696. The summed E-state index contributed by atoms with van der Waals surface area (Å²) < 4.78 is 0. The van der Waals surface area contributed by atoms with E-state index in [1.807, 2.05) is 4.90 Å². The Balaban J connectivity index is 1.27. The average Bonchev–Trinajstić information content (AvgIpc) is 3.14. The highest BCUT2D eigenvalue weighted by molar-refractivity contribution is 6.08. The fraction of sp³-hybridized carbons (Fsp3) is 0. The molecule has 0 aliphatic carbocycles. The van der Waals surface area contributed by atoms with E-state index in [4.69, 9.17) is 0 Å². The van der Waals surface area contributed by atoms with E-state index in [2.05, 4.69) is 16.0 Å². The Bertz CT molecular complexity index is 2030. The lowest BCUT2D eigenvalue weighted by Gasteiger charge is -2.26. The molecule has 0 saturated heterocycles. The van der Waals surface area contributed by atoms with Gasteiger partial charge in [0, 0.05) is 34.1 Å². The molecule has 0 aliphatic heterocycles. The molecule has 0 aliphatic rings. The van der Waals surface area contributed by atoms with Crippen LogP contribution in [0, 0.1) is 0 Å². The van der Waals surface area contributed by atoms with Crippen molar-refractivity contribution in [3.63, 3.8) is 0 Å². The Kier molecular flexibility index (Phi) is 9.50. The number of nitrogens with zero attached hydrogens (tertiary/aromatic N) is 1. The number of hydrogen-bond donors (Lipinski definition) is 9. The molecule has 0 atom stereocenters. The van der Waals surface area contributed by atoms with Gasteiger partial charge in [-0.3, -0.25) is 14.4 Å². The topological polar surface area (TPSA) is 212 Å². The maximum atomic E-state index is 12.8. The van der Waals surface area contributed by atoms with Crippen molar-refractivity contribution in [1.82, 2.24) is 0 Å². The van der Waals surface area contributed by atoms with E-state index in [-0.39, 0.29) is 16.7 Å². The molecule has 0 spiro atoms. The van der Waals surface area contributed by atoms with Crippen LogP contribution in [0.15, 0.2) is 127 Å². The van der Waals surface area contributed by atoms with Crippen molar-refractivity contribution in [1.29, 1.82) is 0 Å². The van der Waals surface area contributed by atoms with Gasteiger partial charge >= 0.3 is 0 Å². The minimum atomic E-state index is -0.633. The number of benzene rings is 6. The highest BCUT2D eigenvalue weighted by Gasteiger charge is 2.19. The fourth-order valence-electron chi connectivity index (χ4n) is 5.27. The maximum absolute atomic E-state index is 12.8. The second-order valence-electron chi connectivity index (χ2n) is 11.4. The number of hydrogen-bond acceptors (Lipinski definition) is 10. The molecule has 6 rings (SSSR count). The number of carbonyl (C=O) groups is 3. The average molecular weight is 699 g/mol. The number of carbonyl (C=O) groups excluding carboxylic acids is 3. The Hall–Kier alpha value is -7.67. The lowest BCUT2D eigenvalue weighted by Crippen LogP contribution is -2.14. The van der Waals surface area contributed by atoms with E-state index in [1.165, 1.54) is 54.6 Å². The summed E-state index contributed by atoms with van der Waals surface area (Å²) in [6, 6.07) is 32.5. The molecule has 0 saturated carbocycles. The van der Waals surface area contributed by atoms with Gasteiger partial charge in [-0.05, 0) is 109 Å². The van der Waals surface area contributed by atoms with Crippen LogP contribution in [0.2, 0.25) is 0 Å². The first-order valence-corrected chi connectivity index (χ1v) is 15.6. The molecule has 13 heteroatoms. The van der Waals surface area contributed by atoms with Gasteiger partial charge in [0.05, 0.1) is 16.7 Å². The van der Waals surface area contributed by atoms with Crippen molar-refractivity contribution in [2.75, 3.05) is 20.9 Å². The molecular weight excluding hydrogens is 668 g/mol. The number of phenols is 6. The number of aromatic hydroxyl groups is 6. The summed E-state index contributed by atoms with van der Waals surface area (Å²) in [6.07, 6.45) is 0. The smallest absolute Gasteiger partial charge is 0.259 e. The fourth-order valence-corrected chi connectivity index (χ4v) is 5.27. The standard InChI is InChI=1S/C39H30N4O9/c44-31-7-1-4-28(34(31)47)37(50)40-22-10-16-25(17-11-22)43(26-18-12-23(13-19-26)41-38(51)29-5-2-8-32(45)35(29)48)27-20-14-24(15-21-27)42-39(52)30-6-3-9-33(46)36(30)49/h1-21,44-49H,(H,40,50)(H,41,51)(H,42,52). The molecule has 3 amide bonds. The van der Waals surface area contributed by atoms with Crippen LogP contribution < -0.4 is 20.9 Å². The van der Waals surface area contributed by atoms with Crippen molar-refractivity contribution in [3.05, 3.63) is 144 Å². The second-order valence-corrected chi connectivity index (χ2v) is 11.4. The molecule has 13 nitrogen and oxygen atoms in total. The van der Waals surface area contributed by atoms with Crippen molar-refractivity contribution in [2.45, 2.75) is 0 Å². The first kappa shape index (κ1) is 34.2. The van der Waals surface area contributed by atoms with Crippen LogP contribution in [-0.4, -0.2) is 48.4 Å². The van der Waals surface area contributed by atoms with Gasteiger partial charge < -0.3 is 51.5 Å². The molecule has 0 aromatic heterocycles. The number of phenolic OH excluding ortho intramolecular Hbond substituents is 6. The van der Waals surface area contributed by atoms with E-state index in [1.54, 1.807) is 72.8 Å². The lowest BCUT2D eigenvalue weighted by molar-refractivity contribution is 0.101. The molecule has 6 aromatic rings. The lowest BCUT2D eigenvalue weighted by atomic mass is 10.1. The summed E-state index contributed by atoms with van der Waals surface area (Å²) in [5.41, 5.74) is 2.80. The highest BCUT2D eigenvalue weighted by atomic mass is 16.3. The van der Waals surface area contributed by atoms with Gasteiger partial charge in [0.2, 0.25) is 0 Å². The van der Waals surface area contributed by atoms with E-state index >= 15 is 0 Å². The van der Waals surface area contributed by atoms with Gasteiger partial charge in [-0.2, -0.15) is 0 Å². The van der Waals surface area contributed by atoms with Gasteiger partial charge in [0.1, 0.15) is 0 Å². The first-order valence-electron chi connectivity index (χ1n) is 15.6. The van der Waals surface area contributed by atoms with Crippen molar-refractivity contribution in [2.24, 2.45) is 0 Å². The number of rotatable bonds is 9. The van der Waals surface area contributed by atoms with Crippen LogP contribution in [0.1, 0.15) is 31.1 Å². The third-order valence-electron chi connectivity index (χ3n) is 7.93. The Morgan fingerprint density at radius 3 is 0.865 bits per heavy atom. The molecule has 6 aromatic carbocycles. The minimum absolute atomic E-state index is 0.108. The Morgan fingerprint density at radius 2 is 0.615 bits per heavy atom. The summed E-state index contributed by atoms with van der Waals surface area (Å²) in [5.74, 6) is -4.80. The number of amides is 3. The monoisotopic (exact) mass is 698 g/mol. The van der Waals surface area contributed by atoms with Crippen molar-refractivity contribution >= 4 is 51.8 Å². The predicted octanol–water partition coefficient (Wildman–Crippen LogP) is 7.15.